The zero-order valence-electron chi connectivity index (χ0n) is 11.0. The van der Waals surface area contributed by atoms with Gasteiger partial charge >= 0.3 is 0 Å². The number of anilines is 1. The molecule has 1 aromatic carbocycles. The zero-order chi connectivity index (χ0) is 13.8. The number of rotatable bonds is 3. The van der Waals surface area contributed by atoms with E-state index >= 15 is 0 Å². The lowest BCUT2D eigenvalue weighted by Gasteiger charge is -2.25. The van der Waals surface area contributed by atoms with Crippen LogP contribution in [0, 0.1) is 0 Å². The molecule has 2 amide bonds. The number of carbonyl (C=O) groups excluding carboxylic acids is 2. The van der Waals surface area contributed by atoms with Crippen LogP contribution in [0.5, 0.6) is 0 Å². The fourth-order valence-corrected chi connectivity index (χ4v) is 2.31. The number of nitrogens with two attached hydrogens (primary N) is 1. The van der Waals surface area contributed by atoms with Gasteiger partial charge in [-0.3, -0.25) is 9.59 Å². The van der Waals surface area contributed by atoms with Crippen molar-refractivity contribution in [3.8, 4) is 0 Å². The Morgan fingerprint density at radius 3 is 2.68 bits per heavy atom. The second-order valence-electron chi connectivity index (χ2n) is 4.83. The summed E-state index contributed by atoms with van der Waals surface area (Å²) in [5.41, 5.74) is 6.35. The van der Waals surface area contributed by atoms with Crippen molar-refractivity contribution in [2.75, 3.05) is 11.9 Å². The maximum atomic E-state index is 12.2. The highest BCUT2D eigenvalue weighted by molar-refractivity contribution is 5.98. The Kier molecular flexibility index (Phi) is 4.16. The Morgan fingerprint density at radius 1 is 1.37 bits per heavy atom. The number of carbonyl (C=O) groups is 2. The maximum absolute atomic E-state index is 12.2. The van der Waals surface area contributed by atoms with Crippen LogP contribution >= 0.6 is 0 Å². The minimum absolute atomic E-state index is 0.141. The number of likely N-dealkylation sites (tertiary alicyclic amines) is 1. The first-order valence-corrected chi connectivity index (χ1v) is 6.51. The van der Waals surface area contributed by atoms with Crippen LogP contribution < -0.4 is 11.1 Å². The molecule has 2 rings (SSSR count). The Labute approximate surface area is 112 Å². The average Bonchev–Trinajstić information content (AvgIpc) is 2.88. The molecule has 0 radical (unpaired) electrons. The Morgan fingerprint density at radius 2 is 2.05 bits per heavy atom. The molecule has 0 unspecified atom stereocenters. The van der Waals surface area contributed by atoms with Crippen molar-refractivity contribution >= 4 is 17.5 Å². The van der Waals surface area contributed by atoms with Crippen LogP contribution in [0.15, 0.2) is 30.3 Å². The maximum Gasteiger partial charge on any atom is 0.247 e. The second kappa shape index (κ2) is 5.84. The Bertz CT molecular complexity index is 459. The molecule has 2 atom stereocenters. The number of hydrogen-bond donors (Lipinski definition) is 2. The minimum Gasteiger partial charge on any atom is -0.329 e. The third kappa shape index (κ3) is 3.12. The molecular formula is C14H19N3O2. The lowest BCUT2D eigenvalue weighted by atomic mass is 10.2. The summed E-state index contributed by atoms with van der Waals surface area (Å²) in [7, 11) is 0. The first kappa shape index (κ1) is 13.5. The molecule has 0 bridgehead atoms. The summed E-state index contributed by atoms with van der Waals surface area (Å²) in [6.07, 6.45) is 1.53. The molecule has 1 aromatic rings. The van der Waals surface area contributed by atoms with Crippen LogP contribution in [0.25, 0.3) is 0 Å². The molecule has 5 nitrogen and oxygen atoms in total. The van der Waals surface area contributed by atoms with Crippen molar-refractivity contribution in [3.05, 3.63) is 30.3 Å². The van der Waals surface area contributed by atoms with Gasteiger partial charge in [-0.15, -0.1) is 0 Å². The highest BCUT2D eigenvalue weighted by atomic mass is 16.2. The average molecular weight is 261 g/mol. The molecule has 1 heterocycles. The van der Waals surface area contributed by atoms with E-state index < -0.39 is 12.1 Å². The molecule has 3 N–H and O–H groups in total. The van der Waals surface area contributed by atoms with Crippen LogP contribution in [0.1, 0.15) is 19.8 Å². The van der Waals surface area contributed by atoms with Gasteiger partial charge in [-0.2, -0.15) is 0 Å². The predicted octanol–water partition coefficient (Wildman–Crippen LogP) is 0.963. The van der Waals surface area contributed by atoms with Crippen molar-refractivity contribution < 1.29 is 9.59 Å². The molecule has 0 spiro atoms. The molecule has 19 heavy (non-hydrogen) atoms. The topological polar surface area (TPSA) is 75.4 Å². The molecule has 1 aliphatic heterocycles. The lowest BCUT2D eigenvalue weighted by molar-refractivity contribution is -0.137. The first-order valence-electron chi connectivity index (χ1n) is 6.51. The molecule has 0 saturated carbocycles. The quantitative estimate of drug-likeness (QED) is 0.851. The van der Waals surface area contributed by atoms with E-state index in [0.29, 0.717) is 13.0 Å². The van der Waals surface area contributed by atoms with Crippen molar-refractivity contribution in [1.29, 1.82) is 0 Å². The van der Waals surface area contributed by atoms with E-state index in [9.17, 15) is 9.59 Å². The minimum atomic E-state index is -0.565. The van der Waals surface area contributed by atoms with Gasteiger partial charge in [0.2, 0.25) is 11.8 Å². The largest absolute Gasteiger partial charge is 0.329 e. The van der Waals surface area contributed by atoms with Crippen LogP contribution in [0.4, 0.5) is 5.69 Å². The molecule has 1 saturated heterocycles. The third-order valence-electron chi connectivity index (χ3n) is 3.27. The number of benzene rings is 1. The van der Waals surface area contributed by atoms with Crippen LogP contribution in [0.2, 0.25) is 0 Å². The summed E-state index contributed by atoms with van der Waals surface area (Å²) in [5, 5.41) is 2.83. The van der Waals surface area contributed by atoms with E-state index in [1.807, 2.05) is 30.3 Å². The lowest BCUT2D eigenvalue weighted by Crippen LogP contribution is -2.48. The van der Waals surface area contributed by atoms with E-state index in [-0.39, 0.29) is 11.8 Å². The van der Waals surface area contributed by atoms with Crippen molar-refractivity contribution in [2.24, 2.45) is 5.73 Å². The highest BCUT2D eigenvalue weighted by Crippen LogP contribution is 2.19. The van der Waals surface area contributed by atoms with Gasteiger partial charge in [-0.25, -0.2) is 0 Å². The molecule has 102 valence electrons. The fourth-order valence-electron chi connectivity index (χ4n) is 2.31. The van der Waals surface area contributed by atoms with Gasteiger partial charge in [-0.05, 0) is 31.9 Å². The molecule has 0 aliphatic carbocycles. The van der Waals surface area contributed by atoms with E-state index in [4.69, 9.17) is 5.73 Å². The van der Waals surface area contributed by atoms with Crippen LogP contribution in [-0.4, -0.2) is 35.3 Å². The molecule has 1 fully saturated rings. The predicted molar refractivity (Wildman–Crippen MR) is 73.5 cm³/mol. The Hall–Kier alpha value is -1.88. The number of amides is 2. The van der Waals surface area contributed by atoms with Gasteiger partial charge in [0.1, 0.15) is 6.04 Å². The summed E-state index contributed by atoms with van der Waals surface area (Å²) in [6, 6.07) is 8.28. The highest BCUT2D eigenvalue weighted by Gasteiger charge is 2.34. The SMILES string of the molecule is C[C@H](N)C(=O)N1CCC[C@H]1C(=O)Nc1ccccc1. The van der Waals surface area contributed by atoms with Gasteiger partial charge in [0.25, 0.3) is 0 Å². The van der Waals surface area contributed by atoms with Gasteiger partial charge in [-0.1, -0.05) is 18.2 Å². The van der Waals surface area contributed by atoms with E-state index in [1.165, 1.54) is 0 Å². The van der Waals surface area contributed by atoms with E-state index in [0.717, 1.165) is 12.1 Å². The first-order chi connectivity index (χ1) is 9.09. The van der Waals surface area contributed by atoms with E-state index in [2.05, 4.69) is 5.32 Å². The summed E-state index contributed by atoms with van der Waals surface area (Å²) in [4.78, 5) is 25.7. The van der Waals surface area contributed by atoms with Gasteiger partial charge in [0, 0.05) is 12.2 Å². The number of para-hydroxylation sites is 1. The zero-order valence-corrected chi connectivity index (χ0v) is 11.0. The summed E-state index contributed by atoms with van der Waals surface area (Å²) < 4.78 is 0. The monoisotopic (exact) mass is 261 g/mol. The van der Waals surface area contributed by atoms with Gasteiger partial charge in [0.15, 0.2) is 0 Å². The fraction of sp³-hybridized carbons (Fsp3) is 0.429. The number of hydrogen-bond acceptors (Lipinski definition) is 3. The molecule has 5 heteroatoms. The third-order valence-corrected chi connectivity index (χ3v) is 3.27. The van der Waals surface area contributed by atoms with Gasteiger partial charge < -0.3 is 16.0 Å². The van der Waals surface area contributed by atoms with Crippen molar-refractivity contribution in [3.63, 3.8) is 0 Å². The smallest absolute Gasteiger partial charge is 0.247 e. The normalized spacial score (nSPS) is 20.1. The Balaban J connectivity index is 2.04. The molecular weight excluding hydrogens is 242 g/mol. The van der Waals surface area contributed by atoms with Gasteiger partial charge in [0.05, 0.1) is 6.04 Å². The van der Waals surface area contributed by atoms with E-state index in [1.54, 1.807) is 11.8 Å². The number of nitrogens with one attached hydrogen (secondary N) is 1. The molecule has 1 aliphatic rings. The summed E-state index contributed by atoms with van der Waals surface area (Å²) >= 11 is 0. The van der Waals surface area contributed by atoms with Crippen LogP contribution in [0.3, 0.4) is 0 Å². The second-order valence-corrected chi connectivity index (χ2v) is 4.83. The summed E-state index contributed by atoms with van der Waals surface area (Å²) in [5.74, 6) is -0.302. The molecule has 0 aromatic heterocycles. The summed E-state index contributed by atoms with van der Waals surface area (Å²) in [6.45, 7) is 2.25. The van der Waals surface area contributed by atoms with Crippen LogP contribution in [-0.2, 0) is 9.59 Å². The van der Waals surface area contributed by atoms with Crippen molar-refractivity contribution in [2.45, 2.75) is 31.8 Å². The number of nitrogens with zero attached hydrogens (tertiary/aromatic N) is 1. The van der Waals surface area contributed by atoms with Crippen molar-refractivity contribution in [1.82, 2.24) is 4.90 Å². The standard InChI is InChI=1S/C14H19N3O2/c1-10(15)14(19)17-9-5-8-12(17)13(18)16-11-6-3-2-4-7-11/h2-4,6-7,10,12H,5,8-9,15H2,1H3,(H,16,18)/t10-,12-/m0/s1.